The van der Waals surface area contributed by atoms with E-state index in [1.165, 1.54) is 69.8 Å². The van der Waals surface area contributed by atoms with E-state index in [1.807, 2.05) is 30.3 Å². The molecule has 32 heavy (non-hydrogen) atoms. The summed E-state index contributed by atoms with van der Waals surface area (Å²) < 4.78 is 5.57. The van der Waals surface area contributed by atoms with Gasteiger partial charge in [0.15, 0.2) is 0 Å². The summed E-state index contributed by atoms with van der Waals surface area (Å²) in [4.78, 5) is 0. The summed E-state index contributed by atoms with van der Waals surface area (Å²) in [5, 5.41) is 18.9. The van der Waals surface area contributed by atoms with Crippen LogP contribution < -0.4 is 4.74 Å². The number of unbranched alkanes of at least 4 members (excludes halogenated alkanes) is 9. The maximum Gasteiger partial charge on any atom is 0.217 e. The molecule has 0 aliphatic rings. The van der Waals surface area contributed by atoms with E-state index in [0.717, 1.165) is 12.0 Å². The standard InChI is InChI=1S/C29H39NO2/c1-2-3-4-5-6-7-8-9-10-11-13-25-20-22-28(23-21-25)32-29(31)15-12-14-26-16-18-27(24-30)19-17-26/h12,15-23,29,31H,2-11,13-14H2,1H3. The molecule has 1 atom stereocenters. The van der Waals surface area contributed by atoms with Gasteiger partial charge in [0.2, 0.25) is 6.29 Å². The zero-order valence-corrected chi connectivity index (χ0v) is 19.6. The van der Waals surface area contributed by atoms with Gasteiger partial charge in [-0.25, -0.2) is 0 Å². The highest BCUT2D eigenvalue weighted by Crippen LogP contribution is 2.17. The molecule has 0 heterocycles. The summed E-state index contributed by atoms with van der Waals surface area (Å²) in [6.07, 6.45) is 17.9. The van der Waals surface area contributed by atoms with Gasteiger partial charge < -0.3 is 9.84 Å². The fourth-order valence-corrected chi connectivity index (χ4v) is 3.77. The van der Waals surface area contributed by atoms with Gasteiger partial charge in [-0.3, -0.25) is 0 Å². The fraction of sp³-hybridized carbons (Fsp3) is 0.483. The van der Waals surface area contributed by atoms with Gasteiger partial charge in [-0.2, -0.15) is 5.26 Å². The van der Waals surface area contributed by atoms with Gasteiger partial charge in [0, 0.05) is 0 Å². The second-order valence-electron chi connectivity index (χ2n) is 8.53. The van der Waals surface area contributed by atoms with Crippen LogP contribution >= 0.6 is 0 Å². The molecule has 0 aliphatic heterocycles. The quantitative estimate of drug-likeness (QED) is 0.169. The number of nitriles is 1. The zero-order chi connectivity index (χ0) is 22.9. The van der Waals surface area contributed by atoms with Crippen LogP contribution in [0.3, 0.4) is 0 Å². The number of benzene rings is 2. The minimum Gasteiger partial charge on any atom is -0.461 e. The van der Waals surface area contributed by atoms with Gasteiger partial charge in [0.05, 0.1) is 11.6 Å². The Morgan fingerprint density at radius 3 is 1.97 bits per heavy atom. The van der Waals surface area contributed by atoms with E-state index < -0.39 is 6.29 Å². The first-order valence-corrected chi connectivity index (χ1v) is 12.3. The molecule has 3 heteroatoms. The Morgan fingerprint density at radius 1 is 0.812 bits per heavy atom. The van der Waals surface area contributed by atoms with E-state index in [1.54, 1.807) is 18.2 Å². The van der Waals surface area contributed by atoms with Crippen LogP contribution in [0.4, 0.5) is 0 Å². The molecule has 2 aromatic rings. The van der Waals surface area contributed by atoms with Gasteiger partial charge in [-0.15, -0.1) is 0 Å². The molecule has 0 bridgehead atoms. The highest BCUT2D eigenvalue weighted by molar-refractivity contribution is 5.32. The van der Waals surface area contributed by atoms with Gasteiger partial charge in [0.25, 0.3) is 0 Å². The fourth-order valence-electron chi connectivity index (χ4n) is 3.77. The molecule has 0 saturated heterocycles. The summed E-state index contributed by atoms with van der Waals surface area (Å²) in [5.41, 5.74) is 3.06. The normalized spacial score (nSPS) is 12.0. The average molecular weight is 434 g/mol. The first-order valence-electron chi connectivity index (χ1n) is 12.3. The van der Waals surface area contributed by atoms with Crippen molar-refractivity contribution in [3.63, 3.8) is 0 Å². The number of aryl methyl sites for hydroxylation is 1. The molecule has 3 nitrogen and oxygen atoms in total. The van der Waals surface area contributed by atoms with Crippen LogP contribution in [0.5, 0.6) is 5.75 Å². The molecule has 0 aromatic heterocycles. The maximum atomic E-state index is 10.1. The molecule has 2 rings (SSSR count). The highest BCUT2D eigenvalue weighted by Gasteiger charge is 2.02. The van der Waals surface area contributed by atoms with Crippen molar-refractivity contribution in [3.8, 4) is 11.8 Å². The molecule has 0 spiro atoms. The molecular weight excluding hydrogens is 394 g/mol. The lowest BCUT2D eigenvalue weighted by molar-refractivity contribution is 0.0246. The van der Waals surface area contributed by atoms with Crippen LogP contribution in [0.25, 0.3) is 0 Å². The summed E-state index contributed by atoms with van der Waals surface area (Å²) in [5.74, 6) is 0.673. The second kappa shape index (κ2) is 16.1. The largest absolute Gasteiger partial charge is 0.461 e. The SMILES string of the molecule is CCCCCCCCCCCCc1ccc(OC(O)C=CCc2ccc(C#N)cc2)cc1. The maximum absolute atomic E-state index is 10.1. The van der Waals surface area contributed by atoms with Gasteiger partial charge in [-0.05, 0) is 60.7 Å². The first-order chi connectivity index (χ1) is 15.7. The minimum atomic E-state index is -0.971. The summed E-state index contributed by atoms with van der Waals surface area (Å²) in [6.45, 7) is 2.27. The van der Waals surface area contributed by atoms with Crippen LogP contribution in [0, 0.1) is 11.3 Å². The van der Waals surface area contributed by atoms with Crippen molar-refractivity contribution in [2.75, 3.05) is 0 Å². The Labute approximate surface area is 194 Å². The number of rotatable bonds is 16. The highest BCUT2D eigenvalue weighted by atomic mass is 16.6. The predicted octanol–water partition coefficient (Wildman–Crippen LogP) is 7.52. The van der Waals surface area contributed by atoms with Gasteiger partial charge in [-0.1, -0.05) is 95.1 Å². The summed E-state index contributed by atoms with van der Waals surface area (Å²) >= 11 is 0. The van der Waals surface area contributed by atoms with Crippen molar-refractivity contribution >= 4 is 0 Å². The van der Waals surface area contributed by atoms with E-state index in [2.05, 4.69) is 25.1 Å². The molecule has 0 amide bonds. The van der Waals surface area contributed by atoms with Crippen LogP contribution in [0.15, 0.2) is 60.7 Å². The van der Waals surface area contributed by atoms with Crippen molar-refractivity contribution in [3.05, 3.63) is 77.4 Å². The van der Waals surface area contributed by atoms with Crippen molar-refractivity contribution in [1.29, 1.82) is 5.26 Å². The van der Waals surface area contributed by atoms with Gasteiger partial charge >= 0.3 is 0 Å². The Bertz CT molecular complexity index is 803. The predicted molar refractivity (Wildman–Crippen MR) is 133 cm³/mol. The number of allylic oxidation sites excluding steroid dienone is 1. The Balaban J connectivity index is 1.58. The van der Waals surface area contributed by atoms with E-state index in [0.29, 0.717) is 17.7 Å². The third-order valence-corrected chi connectivity index (χ3v) is 5.74. The smallest absolute Gasteiger partial charge is 0.217 e. The van der Waals surface area contributed by atoms with E-state index >= 15 is 0 Å². The Hall–Kier alpha value is -2.57. The van der Waals surface area contributed by atoms with Crippen LogP contribution in [-0.2, 0) is 12.8 Å². The molecule has 172 valence electrons. The molecule has 1 unspecified atom stereocenters. The number of ether oxygens (including phenoxy) is 1. The van der Waals surface area contributed by atoms with E-state index in [-0.39, 0.29) is 0 Å². The molecule has 0 fully saturated rings. The second-order valence-corrected chi connectivity index (χ2v) is 8.53. The van der Waals surface area contributed by atoms with Crippen LogP contribution in [0.1, 0.15) is 87.8 Å². The molecule has 0 aliphatic carbocycles. The van der Waals surface area contributed by atoms with Gasteiger partial charge in [0.1, 0.15) is 5.75 Å². The third-order valence-electron chi connectivity index (χ3n) is 5.74. The van der Waals surface area contributed by atoms with Crippen molar-refractivity contribution in [1.82, 2.24) is 0 Å². The first kappa shape index (κ1) is 25.7. The van der Waals surface area contributed by atoms with E-state index in [9.17, 15) is 5.11 Å². The topological polar surface area (TPSA) is 53.2 Å². The lowest BCUT2D eigenvalue weighted by Crippen LogP contribution is -2.11. The van der Waals surface area contributed by atoms with Crippen molar-refractivity contribution in [2.45, 2.75) is 90.3 Å². The summed E-state index contributed by atoms with van der Waals surface area (Å²) in [7, 11) is 0. The number of hydrogen-bond acceptors (Lipinski definition) is 3. The van der Waals surface area contributed by atoms with Crippen LogP contribution in [0.2, 0.25) is 0 Å². The third kappa shape index (κ3) is 11.2. The molecule has 2 aromatic carbocycles. The number of hydrogen-bond donors (Lipinski definition) is 1. The number of aliphatic hydroxyl groups is 1. The zero-order valence-electron chi connectivity index (χ0n) is 19.6. The molecular formula is C29H39NO2. The van der Waals surface area contributed by atoms with E-state index in [4.69, 9.17) is 10.00 Å². The lowest BCUT2D eigenvalue weighted by atomic mass is 10.0. The molecule has 0 saturated carbocycles. The molecule has 1 N–H and O–H groups in total. The Morgan fingerprint density at radius 2 is 1.38 bits per heavy atom. The van der Waals surface area contributed by atoms with Crippen molar-refractivity contribution in [2.24, 2.45) is 0 Å². The summed E-state index contributed by atoms with van der Waals surface area (Å²) in [6, 6.07) is 17.6. The average Bonchev–Trinajstić information content (AvgIpc) is 2.82. The van der Waals surface area contributed by atoms with Crippen LogP contribution in [-0.4, -0.2) is 11.4 Å². The van der Waals surface area contributed by atoms with Crippen molar-refractivity contribution < 1.29 is 9.84 Å². The Kier molecular flexibility index (Phi) is 12.9. The lowest BCUT2D eigenvalue weighted by Gasteiger charge is -2.10. The monoisotopic (exact) mass is 433 g/mol. The number of aliphatic hydroxyl groups excluding tert-OH is 1. The molecule has 0 radical (unpaired) electrons. The minimum absolute atomic E-state index is 0.651. The number of nitrogens with zero attached hydrogens (tertiary/aromatic N) is 1.